The molecule has 3 aromatic heterocycles. The maximum absolute atomic E-state index is 13.2. The number of carbonyl (C=O) groups excluding carboxylic acids is 1. The predicted octanol–water partition coefficient (Wildman–Crippen LogP) is 1.85. The number of nitrogens with two attached hydrogens (primary N) is 1. The van der Waals surface area contributed by atoms with Gasteiger partial charge in [0.05, 0.1) is 26.0 Å². The van der Waals surface area contributed by atoms with Gasteiger partial charge in [0.15, 0.2) is 0 Å². The van der Waals surface area contributed by atoms with Crippen molar-refractivity contribution < 1.29 is 23.0 Å². The third kappa shape index (κ3) is 3.96. The van der Waals surface area contributed by atoms with Crippen LogP contribution in [0.4, 0.5) is 8.78 Å². The van der Waals surface area contributed by atoms with Gasteiger partial charge in [-0.05, 0) is 18.2 Å². The van der Waals surface area contributed by atoms with Crippen LogP contribution in [0.15, 0.2) is 47.7 Å². The highest BCUT2D eigenvalue weighted by molar-refractivity contribution is 6.01. The van der Waals surface area contributed by atoms with E-state index in [1.165, 1.54) is 43.3 Å². The van der Waals surface area contributed by atoms with Crippen molar-refractivity contribution >= 4 is 5.91 Å². The molecule has 3 N–H and O–H groups in total. The van der Waals surface area contributed by atoms with Crippen molar-refractivity contribution in [2.24, 2.45) is 5.84 Å². The first kappa shape index (κ1) is 20.9. The van der Waals surface area contributed by atoms with Crippen LogP contribution in [0.3, 0.4) is 0 Å². The molecule has 0 atom stereocenters. The molecule has 0 radical (unpaired) electrons. The van der Waals surface area contributed by atoms with Crippen molar-refractivity contribution in [1.82, 2.24) is 20.0 Å². The Morgan fingerprint density at radius 2 is 1.90 bits per heavy atom. The maximum atomic E-state index is 13.2. The number of hydrogen-bond donors (Lipinski definition) is 2. The summed E-state index contributed by atoms with van der Waals surface area (Å²) in [5.74, 6) is 5.18. The van der Waals surface area contributed by atoms with Gasteiger partial charge in [0.25, 0.3) is 17.9 Å². The first-order chi connectivity index (χ1) is 14.4. The minimum Gasteiger partial charge on any atom is -0.497 e. The molecule has 3 heterocycles. The number of aromatic nitrogens is 3. The lowest BCUT2D eigenvalue weighted by atomic mass is 10.00. The van der Waals surface area contributed by atoms with Crippen molar-refractivity contribution in [2.75, 3.05) is 14.2 Å². The highest BCUT2D eigenvalue weighted by Crippen LogP contribution is 2.35. The standard InChI is InChI=1S/C19H17F2N5O4/c1-29-10-3-4-26(17(27)5-10)16-7-11(13(8-24-16)19(28)25-22)12-6-14(18(20)21)23-9-15(12)30-2/h3-9,18H,22H2,1-2H3,(H,25,28). The third-order valence-corrected chi connectivity index (χ3v) is 4.26. The van der Waals surface area contributed by atoms with E-state index in [2.05, 4.69) is 9.97 Å². The Morgan fingerprint density at radius 3 is 2.50 bits per heavy atom. The number of methoxy groups -OCH3 is 2. The molecule has 3 aromatic rings. The number of ether oxygens (including phenoxy) is 2. The van der Waals surface area contributed by atoms with Gasteiger partial charge in [-0.15, -0.1) is 0 Å². The summed E-state index contributed by atoms with van der Waals surface area (Å²) in [6.45, 7) is 0. The summed E-state index contributed by atoms with van der Waals surface area (Å²) in [6, 6.07) is 5.30. The Morgan fingerprint density at radius 1 is 1.13 bits per heavy atom. The molecule has 0 bridgehead atoms. The Hall–Kier alpha value is -3.86. The topological polar surface area (TPSA) is 121 Å². The summed E-state index contributed by atoms with van der Waals surface area (Å²) >= 11 is 0. The lowest BCUT2D eigenvalue weighted by Gasteiger charge is -2.15. The maximum Gasteiger partial charge on any atom is 0.280 e. The monoisotopic (exact) mass is 417 g/mol. The summed E-state index contributed by atoms with van der Waals surface area (Å²) in [4.78, 5) is 32.5. The van der Waals surface area contributed by atoms with Crippen LogP contribution in [0.25, 0.3) is 16.9 Å². The van der Waals surface area contributed by atoms with E-state index in [4.69, 9.17) is 15.3 Å². The number of nitrogen functional groups attached to an aromatic ring is 1. The van der Waals surface area contributed by atoms with E-state index in [0.717, 1.165) is 12.3 Å². The van der Waals surface area contributed by atoms with Crippen LogP contribution in [-0.2, 0) is 0 Å². The van der Waals surface area contributed by atoms with Crippen molar-refractivity contribution in [2.45, 2.75) is 6.43 Å². The zero-order valence-corrected chi connectivity index (χ0v) is 15.9. The Bertz CT molecular complexity index is 1150. The van der Waals surface area contributed by atoms with E-state index in [-0.39, 0.29) is 28.3 Å². The molecule has 156 valence electrons. The fourth-order valence-corrected chi connectivity index (χ4v) is 2.79. The fraction of sp³-hybridized carbons (Fsp3) is 0.158. The number of carbonyl (C=O) groups is 1. The molecular weight excluding hydrogens is 400 g/mol. The SMILES string of the molecule is COc1ccn(-c2cc(-c3cc(C(F)F)ncc3OC)c(C(=O)NN)cn2)c(=O)c1. The largest absolute Gasteiger partial charge is 0.497 e. The Labute approximate surface area is 169 Å². The summed E-state index contributed by atoms with van der Waals surface area (Å²) in [5.41, 5.74) is 1.35. The van der Waals surface area contributed by atoms with Crippen LogP contribution in [0.5, 0.6) is 11.5 Å². The van der Waals surface area contributed by atoms with Gasteiger partial charge >= 0.3 is 0 Å². The minimum absolute atomic E-state index is 0.00692. The van der Waals surface area contributed by atoms with Crippen LogP contribution in [-0.4, -0.2) is 34.7 Å². The van der Waals surface area contributed by atoms with Crippen LogP contribution in [0, 0.1) is 0 Å². The molecule has 0 spiro atoms. The van der Waals surface area contributed by atoms with Gasteiger partial charge in [-0.25, -0.2) is 19.6 Å². The van der Waals surface area contributed by atoms with Gasteiger partial charge in [0, 0.05) is 29.6 Å². The first-order valence-corrected chi connectivity index (χ1v) is 8.50. The summed E-state index contributed by atoms with van der Waals surface area (Å²) in [5, 5.41) is 0. The average Bonchev–Trinajstić information content (AvgIpc) is 2.77. The molecule has 0 aliphatic rings. The molecule has 0 saturated carbocycles. The second-order valence-electron chi connectivity index (χ2n) is 5.95. The Balaban J connectivity index is 2.27. The number of halogens is 2. The Kier molecular flexibility index (Phi) is 6.02. The average molecular weight is 417 g/mol. The zero-order valence-electron chi connectivity index (χ0n) is 15.9. The van der Waals surface area contributed by atoms with Crippen LogP contribution in [0.2, 0.25) is 0 Å². The fourth-order valence-electron chi connectivity index (χ4n) is 2.79. The molecule has 1 amide bonds. The van der Waals surface area contributed by atoms with E-state index in [1.807, 2.05) is 5.43 Å². The number of nitrogens with zero attached hydrogens (tertiary/aromatic N) is 3. The van der Waals surface area contributed by atoms with E-state index in [0.29, 0.717) is 5.75 Å². The minimum atomic E-state index is -2.84. The smallest absolute Gasteiger partial charge is 0.280 e. The van der Waals surface area contributed by atoms with Gasteiger partial charge in [-0.2, -0.15) is 0 Å². The second kappa shape index (κ2) is 8.66. The highest BCUT2D eigenvalue weighted by atomic mass is 19.3. The van der Waals surface area contributed by atoms with Crippen molar-refractivity contribution in [3.63, 3.8) is 0 Å². The molecule has 11 heteroatoms. The predicted molar refractivity (Wildman–Crippen MR) is 103 cm³/mol. The molecule has 0 unspecified atom stereocenters. The van der Waals surface area contributed by atoms with E-state index in [1.54, 1.807) is 6.07 Å². The van der Waals surface area contributed by atoms with E-state index < -0.39 is 23.6 Å². The number of alkyl halides is 2. The molecular formula is C19H17F2N5O4. The third-order valence-electron chi connectivity index (χ3n) is 4.26. The molecule has 3 rings (SSSR count). The van der Waals surface area contributed by atoms with Crippen LogP contribution in [0.1, 0.15) is 22.5 Å². The van der Waals surface area contributed by atoms with Crippen molar-refractivity contribution in [1.29, 1.82) is 0 Å². The lowest BCUT2D eigenvalue weighted by molar-refractivity contribution is 0.0954. The lowest BCUT2D eigenvalue weighted by Crippen LogP contribution is -2.30. The molecule has 0 aromatic carbocycles. The number of hydrogen-bond acceptors (Lipinski definition) is 7. The molecule has 0 fully saturated rings. The first-order valence-electron chi connectivity index (χ1n) is 8.50. The van der Waals surface area contributed by atoms with Crippen LogP contribution < -0.4 is 26.3 Å². The number of hydrazine groups is 1. The van der Waals surface area contributed by atoms with Crippen molar-refractivity contribution in [3.8, 4) is 28.4 Å². The van der Waals surface area contributed by atoms with Crippen molar-refractivity contribution in [3.05, 3.63) is 64.5 Å². The van der Waals surface area contributed by atoms with E-state index in [9.17, 15) is 18.4 Å². The molecule has 0 aliphatic heterocycles. The zero-order chi connectivity index (χ0) is 21.8. The number of nitrogens with one attached hydrogen (secondary N) is 1. The molecule has 9 nitrogen and oxygen atoms in total. The van der Waals surface area contributed by atoms with Gasteiger partial charge in [-0.3, -0.25) is 24.6 Å². The van der Waals surface area contributed by atoms with Gasteiger partial charge in [-0.1, -0.05) is 0 Å². The molecule has 30 heavy (non-hydrogen) atoms. The van der Waals surface area contributed by atoms with Gasteiger partial charge in [0.2, 0.25) is 0 Å². The second-order valence-corrected chi connectivity index (χ2v) is 5.95. The van der Waals surface area contributed by atoms with Gasteiger partial charge in [0.1, 0.15) is 23.0 Å². The number of pyridine rings is 3. The van der Waals surface area contributed by atoms with E-state index >= 15 is 0 Å². The number of amides is 1. The molecule has 0 aliphatic carbocycles. The summed E-state index contributed by atoms with van der Waals surface area (Å²) in [6.07, 6.45) is 0.906. The van der Waals surface area contributed by atoms with Gasteiger partial charge < -0.3 is 9.47 Å². The normalized spacial score (nSPS) is 10.7. The number of rotatable bonds is 6. The quantitative estimate of drug-likeness (QED) is 0.357. The summed E-state index contributed by atoms with van der Waals surface area (Å²) < 4.78 is 37.9. The molecule has 0 saturated heterocycles. The van der Waals surface area contributed by atoms with Crippen LogP contribution >= 0.6 is 0 Å². The highest BCUT2D eigenvalue weighted by Gasteiger charge is 2.21. The summed E-state index contributed by atoms with van der Waals surface area (Å²) in [7, 11) is 2.76.